The molecule has 0 atom stereocenters. The van der Waals surface area contributed by atoms with Gasteiger partial charge in [0.25, 0.3) is 11.8 Å². The summed E-state index contributed by atoms with van der Waals surface area (Å²) in [5.41, 5.74) is 5.13. The first-order valence-electron chi connectivity index (χ1n) is 9.37. The minimum Gasteiger partial charge on any atom is -0.497 e. The zero-order valence-electron chi connectivity index (χ0n) is 16.8. The van der Waals surface area contributed by atoms with Gasteiger partial charge in [0.15, 0.2) is 6.61 Å². The van der Waals surface area contributed by atoms with Gasteiger partial charge in [-0.05, 0) is 42.0 Å². The molecule has 160 valence electrons. The zero-order valence-corrected chi connectivity index (χ0v) is 16.8. The van der Waals surface area contributed by atoms with Gasteiger partial charge in [0.1, 0.15) is 29.7 Å². The lowest BCUT2D eigenvalue weighted by molar-refractivity contribution is -0.123. The number of ether oxygens (including phenoxy) is 3. The van der Waals surface area contributed by atoms with Crippen molar-refractivity contribution in [2.75, 3.05) is 13.7 Å². The molecule has 0 heterocycles. The van der Waals surface area contributed by atoms with Crippen LogP contribution in [-0.4, -0.2) is 25.5 Å². The molecular weight excluding hydrogens is 403 g/mol. The third-order valence-corrected chi connectivity index (χ3v) is 4.18. The topological polar surface area (TPSA) is 85.9 Å². The van der Waals surface area contributed by atoms with Crippen molar-refractivity contribution in [2.24, 2.45) is 0 Å². The number of hydrogen-bond donors (Lipinski definition) is 2. The molecule has 0 aliphatic rings. The van der Waals surface area contributed by atoms with E-state index < -0.39 is 17.6 Å². The second-order valence-electron chi connectivity index (χ2n) is 6.38. The molecule has 2 amide bonds. The van der Waals surface area contributed by atoms with E-state index in [1.54, 1.807) is 24.3 Å². The Hall–Kier alpha value is -4.07. The van der Waals surface area contributed by atoms with Crippen LogP contribution in [0.5, 0.6) is 17.2 Å². The zero-order chi connectivity index (χ0) is 22.1. The van der Waals surface area contributed by atoms with Gasteiger partial charge in [0.2, 0.25) is 0 Å². The van der Waals surface area contributed by atoms with E-state index in [-0.39, 0.29) is 17.9 Å². The van der Waals surface area contributed by atoms with Crippen molar-refractivity contribution >= 4 is 11.8 Å². The van der Waals surface area contributed by atoms with Crippen LogP contribution in [0, 0.1) is 5.82 Å². The number of nitrogens with one attached hydrogen (secondary N) is 2. The van der Waals surface area contributed by atoms with Gasteiger partial charge in [-0.2, -0.15) is 0 Å². The van der Waals surface area contributed by atoms with Crippen LogP contribution in [0.3, 0.4) is 0 Å². The summed E-state index contributed by atoms with van der Waals surface area (Å²) in [5, 5.41) is 0. The second-order valence-corrected chi connectivity index (χ2v) is 6.38. The Balaban J connectivity index is 1.41. The normalized spacial score (nSPS) is 10.1. The molecule has 0 spiro atoms. The van der Waals surface area contributed by atoms with Crippen LogP contribution in [0.25, 0.3) is 0 Å². The van der Waals surface area contributed by atoms with Gasteiger partial charge >= 0.3 is 0 Å². The van der Waals surface area contributed by atoms with E-state index in [9.17, 15) is 14.0 Å². The van der Waals surface area contributed by atoms with Gasteiger partial charge in [-0.3, -0.25) is 20.4 Å². The Kier molecular flexibility index (Phi) is 7.42. The van der Waals surface area contributed by atoms with E-state index in [1.165, 1.54) is 19.2 Å². The highest BCUT2D eigenvalue weighted by atomic mass is 19.1. The molecule has 0 aromatic heterocycles. The molecule has 0 fully saturated rings. The molecule has 0 unspecified atom stereocenters. The van der Waals surface area contributed by atoms with Crippen LogP contribution >= 0.6 is 0 Å². The van der Waals surface area contributed by atoms with E-state index >= 15 is 0 Å². The van der Waals surface area contributed by atoms with Crippen molar-refractivity contribution in [2.45, 2.75) is 6.61 Å². The minimum absolute atomic E-state index is 0.229. The summed E-state index contributed by atoms with van der Waals surface area (Å²) in [5.74, 6) is -0.774. The third-order valence-electron chi connectivity index (χ3n) is 4.18. The summed E-state index contributed by atoms with van der Waals surface area (Å²) in [6.45, 7) is 0.105. The van der Waals surface area contributed by atoms with Gasteiger partial charge in [0.05, 0.1) is 12.7 Å². The molecule has 0 saturated heterocycles. The number of amides is 2. The highest BCUT2D eigenvalue weighted by molar-refractivity contribution is 5.95. The first-order valence-corrected chi connectivity index (χ1v) is 9.37. The molecule has 0 aliphatic heterocycles. The Morgan fingerprint density at radius 1 is 0.839 bits per heavy atom. The molecule has 3 aromatic carbocycles. The summed E-state index contributed by atoms with van der Waals surface area (Å²) in [6, 6.07) is 20.3. The predicted molar refractivity (Wildman–Crippen MR) is 111 cm³/mol. The van der Waals surface area contributed by atoms with Gasteiger partial charge < -0.3 is 14.2 Å². The molecule has 31 heavy (non-hydrogen) atoms. The number of halogens is 1. The van der Waals surface area contributed by atoms with Gasteiger partial charge in [0, 0.05) is 6.07 Å². The van der Waals surface area contributed by atoms with Gasteiger partial charge in [-0.25, -0.2) is 4.39 Å². The number of hydrogen-bond acceptors (Lipinski definition) is 5. The first kappa shape index (κ1) is 21.6. The Morgan fingerprint density at radius 3 is 2.13 bits per heavy atom. The number of benzene rings is 3. The fourth-order valence-corrected chi connectivity index (χ4v) is 2.56. The predicted octanol–water partition coefficient (Wildman–Crippen LogP) is 3.25. The number of hydrazine groups is 1. The molecule has 0 bridgehead atoms. The number of rotatable bonds is 8. The number of carbonyl (C=O) groups excluding carboxylic acids is 2. The monoisotopic (exact) mass is 424 g/mol. The first-order chi connectivity index (χ1) is 15.0. The van der Waals surface area contributed by atoms with E-state index in [1.807, 2.05) is 30.3 Å². The molecule has 7 nitrogen and oxygen atoms in total. The molecular formula is C23H21FN2O5. The fourth-order valence-electron chi connectivity index (χ4n) is 2.56. The van der Waals surface area contributed by atoms with Crippen molar-refractivity contribution in [3.05, 3.63) is 89.7 Å². The lowest BCUT2D eigenvalue weighted by Gasteiger charge is -2.10. The van der Waals surface area contributed by atoms with Crippen LogP contribution in [0.4, 0.5) is 4.39 Å². The summed E-state index contributed by atoms with van der Waals surface area (Å²) in [6.07, 6.45) is 0. The van der Waals surface area contributed by atoms with Crippen molar-refractivity contribution < 1.29 is 28.2 Å². The number of carbonyl (C=O) groups is 2. The van der Waals surface area contributed by atoms with Crippen molar-refractivity contribution in [3.63, 3.8) is 0 Å². The second kappa shape index (κ2) is 10.6. The maximum absolute atomic E-state index is 13.9. The van der Waals surface area contributed by atoms with Crippen LogP contribution in [0.2, 0.25) is 0 Å². The standard InChI is InChI=1S/C23H21FN2O5/c1-29-19-11-12-20(21(24)13-19)23(28)26-25-22(27)15-31-18-9-7-17(8-10-18)30-14-16-5-3-2-4-6-16/h2-13H,14-15H2,1H3,(H,25,27)(H,26,28). The summed E-state index contributed by atoms with van der Waals surface area (Å²) in [4.78, 5) is 23.9. The highest BCUT2D eigenvalue weighted by Gasteiger charge is 2.13. The molecule has 3 rings (SSSR count). The largest absolute Gasteiger partial charge is 0.497 e. The average molecular weight is 424 g/mol. The van der Waals surface area contributed by atoms with Gasteiger partial charge in [-0.15, -0.1) is 0 Å². The van der Waals surface area contributed by atoms with Crippen LogP contribution < -0.4 is 25.1 Å². The van der Waals surface area contributed by atoms with E-state index in [0.29, 0.717) is 18.1 Å². The minimum atomic E-state index is -0.798. The molecule has 2 N–H and O–H groups in total. The van der Waals surface area contributed by atoms with Crippen molar-refractivity contribution in [1.29, 1.82) is 0 Å². The SMILES string of the molecule is COc1ccc(C(=O)NNC(=O)COc2ccc(OCc3ccccc3)cc2)c(F)c1. The van der Waals surface area contributed by atoms with Gasteiger partial charge in [-0.1, -0.05) is 30.3 Å². The Morgan fingerprint density at radius 2 is 1.48 bits per heavy atom. The lowest BCUT2D eigenvalue weighted by Crippen LogP contribution is -2.44. The molecule has 0 aliphatic carbocycles. The molecule has 0 saturated carbocycles. The molecule has 8 heteroatoms. The maximum atomic E-state index is 13.9. The molecule has 0 radical (unpaired) electrons. The van der Waals surface area contributed by atoms with E-state index in [2.05, 4.69) is 10.9 Å². The fraction of sp³-hybridized carbons (Fsp3) is 0.130. The van der Waals surface area contributed by atoms with Crippen LogP contribution in [-0.2, 0) is 11.4 Å². The quantitative estimate of drug-likeness (QED) is 0.542. The third kappa shape index (κ3) is 6.46. The summed E-state index contributed by atoms with van der Waals surface area (Å²) in [7, 11) is 1.39. The van der Waals surface area contributed by atoms with E-state index in [4.69, 9.17) is 14.2 Å². The van der Waals surface area contributed by atoms with Crippen molar-refractivity contribution in [3.8, 4) is 17.2 Å². The van der Waals surface area contributed by atoms with Crippen LogP contribution in [0.15, 0.2) is 72.8 Å². The van der Waals surface area contributed by atoms with E-state index in [0.717, 1.165) is 11.6 Å². The Bertz CT molecular complexity index is 1030. The lowest BCUT2D eigenvalue weighted by atomic mass is 10.2. The Labute approximate surface area is 178 Å². The van der Waals surface area contributed by atoms with Crippen LogP contribution in [0.1, 0.15) is 15.9 Å². The highest BCUT2D eigenvalue weighted by Crippen LogP contribution is 2.19. The van der Waals surface area contributed by atoms with Crippen molar-refractivity contribution in [1.82, 2.24) is 10.9 Å². The maximum Gasteiger partial charge on any atom is 0.276 e. The smallest absolute Gasteiger partial charge is 0.276 e. The molecule has 3 aromatic rings. The summed E-state index contributed by atoms with van der Waals surface area (Å²) < 4.78 is 29.8. The number of methoxy groups -OCH3 is 1. The summed E-state index contributed by atoms with van der Waals surface area (Å²) >= 11 is 0. The average Bonchev–Trinajstić information content (AvgIpc) is 2.81.